The first-order valence-corrected chi connectivity index (χ1v) is 8.28. The van der Waals surface area contributed by atoms with Crippen molar-refractivity contribution in [3.63, 3.8) is 0 Å². The lowest BCUT2D eigenvalue weighted by Crippen LogP contribution is -1.78. The molecule has 0 rings (SSSR count). The van der Waals surface area contributed by atoms with Crippen molar-refractivity contribution in [3.8, 4) is 0 Å². The van der Waals surface area contributed by atoms with Crippen molar-refractivity contribution in [2.75, 3.05) is 0 Å². The monoisotopic (exact) mass is 283 g/mol. The van der Waals surface area contributed by atoms with Gasteiger partial charge in [0, 0.05) is 0 Å². The van der Waals surface area contributed by atoms with Gasteiger partial charge in [0.05, 0.1) is 0 Å². The summed E-state index contributed by atoms with van der Waals surface area (Å²) in [5.41, 5.74) is 0. The second kappa shape index (κ2) is 18.4. The van der Waals surface area contributed by atoms with E-state index in [9.17, 15) is 0 Å². The predicted molar refractivity (Wildman–Crippen MR) is 97.2 cm³/mol. The molecule has 0 aliphatic carbocycles. The van der Waals surface area contributed by atoms with Gasteiger partial charge in [0.25, 0.3) is 0 Å². The fourth-order valence-electron chi connectivity index (χ4n) is 1.91. The Balaban J connectivity index is 3.44. The third kappa shape index (κ3) is 18.4. The van der Waals surface area contributed by atoms with Crippen molar-refractivity contribution in [1.82, 2.24) is 0 Å². The quantitative estimate of drug-likeness (QED) is 0.255. The number of hydrogen-bond donors (Lipinski definition) is 0. The largest absolute Gasteiger partial charge is 0.0845 e. The number of hydrogen-bond acceptors (Lipinski definition) is 0. The Hall–Kier alpha value is -1.56. The molecule has 0 aromatic heterocycles. The Morgan fingerprint density at radius 1 is 0.571 bits per heavy atom. The number of unbranched alkanes of at least 4 members (excludes halogenated alkanes) is 7. The van der Waals surface area contributed by atoms with Gasteiger partial charge in [-0.1, -0.05) is 119 Å². The van der Waals surface area contributed by atoms with Crippen LogP contribution in [0.4, 0.5) is 0 Å². The lowest BCUT2D eigenvalue weighted by atomic mass is 10.1. The zero-order valence-corrected chi connectivity index (χ0v) is 13.6. The summed E-state index contributed by atoms with van der Waals surface area (Å²) in [6, 6.07) is 0. The molecule has 1 radical (unpaired) electrons. The molecule has 0 unspecified atom stereocenters. The van der Waals surface area contributed by atoms with Crippen molar-refractivity contribution in [2.45, 2.75) is 58.3 Å². The van der Waals surface area contributed by atoms with E-state index in [1.165, 1.54) is 57.4 Å². The maximum absolute atomic E-state index is 5.21. The predicted octanol–water partition coefficient (Wildman–Crippen LogP) is 6.90. The minimum atomic E-state index is 1.20. The molecule has 0 fully saturated rings. The average molecular weight is 283 g/mol. The van der Waals surface area contributed by atoms with Crippen LogP contribution in [0.3, 0.4) is 0 Å². The maximum Gasteiger partial charge on any atom is -0.0348 e. The van der Waals surface area contributed by atoms with Crippen LogP contribution in [0.1, 0.15) is 58.3 Å². The molecule has 0 aliphatic heterocycles. The van der Waals surface area contributed by atoms with Crippen molar-refractivity contribution in [3.05, 3.63) is 73.4 Å². The summed E-state index contributed by atoms with van der Waals surface area (Å²) in [7, 11) is 0. The summed E-state index contributed by atoms with van der Waals surface area (Å²) in [5, 5.41) is 0. The van der Waals surface area contributed by atoms with E-state index in [1.807, 2.05) is 36.5 Å². The molecule has 0 aromatic rings. The number of allylic oxidation sites excluding steroid dienone is 11. The molecule has 0 saturated heterocycles. The van der Waals surface area contributed by atoms with Crippen molar-refractivity contribution >= 4 is 0 Å². The second-order valence-electron chi connectivity index (χ2n) is 5.07. The van der Waals surface area contributed by atoms with E-state index in [2.05, 4.69) is 25.2 Å². The molecule has 115 valence electrons. The fourth-order valence-corrected chi connectivity index (χ4v) is 1.91. The summed E-state index contributed by atoms with van der Waals surface area (Å²) in [6.07, 6.45) is 32.5. The summed E-state index contributed by atoms with van der Waals surface area (Å²) in [6.45, 7) is 7.48. The third-order valence-electron chi connectivity index (χ3n) is 3.11. The average Bonchev–Trinajstić information content (AvgIpc) is 2.50. The number of rotatable bonds is 13. The van der Waals surface area contributed by atoms with Crippen LogP contribution in [0.2, 0.25) is 0 Å². The van der Waals surface area contributed by atoms with Crippen molar-refractivity contribution < 1.29 is 0 Å². The standard InChI is InChI=1S/C21H31/c1-3-5-7-9-11-13-15-17-19-21-20-18-16-14-12-10-8-6-4-2/h1,3,5,7,9,11,13,15,17,19-21H,4,6,8,10,12,14,16,18H2,2H3/b3-1?,7-5+,11-9+,15-13+,19-17+,21-20+. The summed E-state index contributed by atoms with van der Waals surface area (Å²) in [4.78, 5) is 0. The lowest BCUT2D eigenvalue weighted by molar-refractivity contribution is 0.592. The molecule has 0 saturated carbocycles. The van der Waals surface area contributed by atoms with Crippen molar-refractivity contribution in [1.29, 1.82) is 0 Å². The summed E-state index contributed by atoms with van der Waals surface area (Å²) >= 11 is 0. The highest BCUT2D eigenvalue weighted by Gasteiger charge is 1.88. The van der Waals surface area contributed by atoms with Crippen LogP contribution in [0.15, 0.2) is 66.8 Å². The van der Waals surface area contributed by atoms with Crippen molar-refractivity contribution in [2.24, 2.45) is 0 Å². The van der Waals surface area contributed by atoms with E-state index in [4.69, 9.17) is 6.58 Å². The Kier molecular flexibility index (Phi) is 17.1. The smallest absolute Gasteiger partial charge is 0.0348 e. The van der Waals surface area contributed by atoms with Crippen LogP contribution >= 0.6 is 0 Å². The first kappa shape index (κ1) is 19.4. The molecule has 0 heterocycles. The molecular formula is C21H31. The third-order valence-corrected chi connectivity index (χ3v) is 3.11. The van der Waals surface area contributed by atoms with Gasteiger partial charge in [-0.3, -0.25) is 0 Å². The van der Waals surface area contributed by atoms with Crippen LogP contribution in [0.5, 0.6) is 0 Å². The molecule has 21 heavy (non-hydrogen) atoms. The molecule has 0 bridgehead atoms. The highest BCUT2D eigenvalue weighted by atomic mass is 13.9. The first-order chi connectivity index (χ1) is 10.4. The fraction of sp³-hybridized carbons (Fsp3) is 0.429. The maximum atomic E-state index is 5.21. The van der Waals surface area contributed by atoms with Crippen LogP contribution in [0, 0.1) is 6.58 Å². The van der Waals surface area contributed by atoms with E-state index in [0.29, 0.717) is 0 Å². The Morgan fingerprint density at radius 2 is 1.05 bits per heavy atom. The molecule has 0 aliphatic rings. The van der Waals surface area contributed by atoms with Gasteiger partial charge in [-0.15, -0.1) is 0 Å². The summed E-state index contributed by atoms with van der Waals surface area (Å²) < 4.78 is 0. The second-order valence-corrected chi connectivity index (χ2v) is 5.07. The topological polar surface area (TPSA) is 0 Å². The zero-order valence-electron chi connectivity index (χ0n) is 13.6. The van der Waals surface area contributed by atoms with Gasteiger partial charge in [-0.25, -0.2) is 0 Å². The lowest BCUT2D eigenvalue weighted by Gasteiger charge is -1.98. The van der Waals surface area contributed by atoms with Crippen LogP contribution in [-0.2, 0) is 0 Å². The van der Waals surface area contributed by atoms with E-state index in [-0.39, 0.29) is 0 Å². The summed E-state index contributed by atoms with van der Waals surface area (Å²) in [5.74, 6) is 0. The Bertz CT molecular complexity index is 350. The van der Waals surface area contributed by atoms with Gasteiger partial charge in [-0.05, 0) is 12.8 Å². The molecular weight excluding hydrogens is 252 g/mol. The highest BCUT2D eigenvalue weighted by Crippen LogP contribution is 2.08. The minimum Gasteiger partial charge on any atom is -0.0845 e. The molecule has 0 amide bonds. The normalized spacial score (nSPS) is 12.8. The van der Waals surface area contributed by atoms with Gasteiger partial charge in [-0.2, -0.15) is 0 Å². The Morgan fingerprint density at radius 3 is 1.62 bits per heavy atom. The van der Waals surface area contributed by atoms with Gasteiger partial charge in [0.15, 0.2) is 0 Å². The van der Waals surface area contributed by atoms with E-state index >= 15 is 0 Å². The highest BCUT2D eigenvalue weighted by molar-refractivity contribution is 5.18. The molecule has 0 heteroatoms. The zero-order chi connectivity index (χ0) is 15.4. The molecule has 0 aromatic carbocycles. The Labute approximate surface area is 132 Å². The SMILES string of the molecule is [CH]=C/C=C/C=C/C=C/C=C/C=C/CCCCCCCCC. The van der Waals surface area contributed by atoms with E-state index in [1.54, 1.807) is 6.08 Å². The van der Waals surface area contributed by atoms with Gasteiger partial charge < -0.3 is 0 Å². The van der Waals surface area contributed by atoms with Gasteiger partial charge in [0.2, 0.25) is 0 Å². The van der Waals surface area contributed by atoms with E-state index in [0.717, 1.165) is 0 Å². The van der Waals surface area contributed by atoms with Crippen LogP contribution < -0.4 is 0 Å². The molecule has 0 N–H and O–H groups in total. The van der Waals surface area contributed by atoms with Gasteiger partial charge >= 0.3 is 0 Å². The molecule has 0 spiro atoms. The molecule has 0 nitrogen and oxygen atoms in total. The van der Waals surface area contributed by atoms with Crippen LogP contribution in [0.25, 0.3) is 0 Å². The minimum absolute atomic E-state index is 1.20. The molecule has 0 atom stereocenters. The van der Waals surface area contributed by atoms with Gasteiger partial charge in [0.1, 0.15) is 0 Å². The first-order valence-electron chi connectivity index (χ1n) is 8.28. The van der Waals surface area contributed by atoms with Crippen LogP contribution in [-0.4, -0.2) is 0 Å². The van der Waals surface area contributed by atoms with E-state index < -0.39 is 0 Å².